The number of carbonyl (C=O) groups is 1. The van der Waals surface area contributed by atoms with Crippen molar-refractivity contribution in [3.8, 4) is 0 Å². The minimum Gasteiger partial charge on any atom is -0.444 e. The van der Waals surface area contributed by atoms with Crippen LogP contribution < -0.4 is 0 Å². The minimum absolute atomic E-state index is 0.305. The van der Waals surface area contributed by atoms with E-state index in [1.165, 1.54) is 0 Å². The molecule has 0 spiro atoms. The summed E-state index contributed by atoms with van der Waals surface area (Å²) in [5.74, 6) is 0.392. The summed E-state index contributed by atoms with van der Waals surface area (Å²) in [5, 5.41) is 0. The second-order valence-electron chi connectivity index (χ2n) is 4.86. The van der Waals surface area contributed by atoms with E-state index in [4.69, 9.17) is 21.1 Å². The third kappa shape index (κ3) is 2.98. The average molecular weight is 236 g/mol. The highest BCUT2D eigenvalue weighted by Gasteiger charge is 2.46. The molecule has 1 saturated heterocycles. The van der Waals surface area contributed by atoms with Gasteiger partial charge in [0.2, 0.25) is 0 Å². The first-order chi connectivity index (χ1) is 6.82. The van der Waals surface area contributed by atoms with Crippen LogP contribution in [0.2, 0.25) is 0 Å². The summed E-state index contributed by atoms with van der Waals surface area (Å²) in [6.45, 7) is 6.53. The second kappa shape index (κ2) is 4.18. The molecule has 88 valence electrons. The van der Waals surface area contributed by atoms with Crippen LogP contribution in [0.3, 0.4) is 0 Å². The Morgan fingerprint density at radius 3 is 2.33 bits per heavy atom. The van der Waals surface area contributed by atoms with Gasteiger partial charge in [-0.25, -0.2) is 4.79 Å². The van der Waals surface area contributed by atoms with E-state index in [1.54, 1.807) is 12.0 Å². The SMILES string of the molecule is COC1(CCl)CN(C(=O)OC(C)(C)C)C1. The van der Waals surface area contributed by atoms with Crippen LogP contribution in [-0.4, -0.2) is 48.3 Å². The number of ether oxygens (including phenoxy) is 2. The molecule has 0 saturated carbocycles. The van der Waals surface area contributed by atoms with Crippen LogP contribution in [0.25, 0.3) is 0 Å². The molecule has 0 aromatic carbocycles. The number of hydrogen-bond donors (Lipinski definition) is 0. The fourth-order valence-corrected chi connectivity index (χ4v) is 1.65. The van der Waals surface area contributed by atoms with E-state index in [9.17, 15) is 4.79 Å². The quantitative estimate of drug-likeness (QED) is 0.686. The number of halogens is 1. The van der Waals surface area contributed by atoms with E-state index < -0.39 is 5.60 Å². The smallest absolute Gasteiger partial charge is 0.410 e. The molecule has 15 heavy (non-hydrogen) atoms. The van der Waals surface area contributed by atoms with Crippen LogP contribution in [0.1, 0.15) is 20.8 Å². The van der Waals surface area contributed by atoms with E-state index in [2.05, 4.69) is 0 Å². The van der Waals surface area contributed by atoms with Crippen molar-refractivity contribution in [2.45, 2.75) is 32.0 Å². The standard InChI is InChI=1S/C10H18ClNO3/c1-9(2,3)15-8(13)12-6-10(5-11,7-12)14-4/h5-7H2,1-4H3. The molecule has 0 unspecified atom stereocenters. The highest BCUT2D eigenvalue weighted by molar-refractivity contribution is 6.18. The van der Waals surface area contributed by atoms with E-state index in [1.807, 2.05) is 20.8 Å². The lowest BCUT2D eigenvalue weighted by atomic mass is 9.97. The molecule has 1 aliphatic rings. The molecule has 0 aliphatic carbocycles. The Morgan fingerprint density at radius 1 is 1.47 bits per heavy atom. The molecule has 0 radical (unpaired) electrons. The number of likely N-dealkylation sites (tertiary alicyclic amines) is 1. The summed E-state index contributed by atoms with van der Waals surface area (Å²) in [4.78, 5) is 13.2. The predicted octanol–water partition coefficient (Wildman–Crippen LogP) is 1.86. The Morgan fingerprint density at radius 2 is 2.00 bits per heavy atom. The zero-order valence-corrected chi connectivity index (χ0v) is 10.4. The normalized spacial score (nSPS) is 19.7. The first-order valence-electron chi connectivity index (χ1n) is 4.91. The molecule has 0 atom stereocenters. The number of carbonyl (C=O) groups excluding carboxylic acids is 1. The third-order valence-electron chi connectivity index (χ3n) is 2.29. The summed E-state index contributed by atoms with van der Waals surface area (Å²) < 4.78 is 10.5. The lowest BCUT2D eigenvalue weighted by molar-refractivity contribution is -0.107. The summed E-state index contributed by atoms with van der Waals surface area (Å²) in [6, 6.07) is 0. The molecule has 4 nitrogen and oxygen atoms in total. The highest BCUT2D eigenvalue weighted by Crippen LogP contribution is 2.27. The van der Waals surface area contributed by atoms with E-state index in [-0.39, 0.29) is 11.7 Å². The topological polar surface area (TPSA) is 38.8 Å². The molecule has 1 fully saturated rings. The molecular formula is C10H18ClNO3. The monoisotopic (exact) mass is 235 g/mol. The van der Waals surface area contributed by atoms with Crippen LogP contribution in [0.15, 0.2) is 0 Å². The van der Waals surface area contributed by atoms with Gasteiger partial charge in [-0.1, -0.05) is 0 Å². The summed E-state index contributed by atoms with van der Waals surface area (Å²) in [7, 11) is 1.61. The molecule has 1 amide bonds. The molecule has 1 rings (SSSR count). The first kappa shape index (κ1) is 12.6. The van der Waals surface area contributed by atoms with Crippen molar-refractivity contribution >= 4 is 17.7 Å². The van der Waals surface area contributed by atoms with Crippen LogP contribution in [0, 0.1) is 0 Å². The fraction of sp³-hybridized carbons (Fsp3) is 0.900. The number of alkyl halides is 1. The lowest BCUT2D eigenvalue weighted by Gasteiger charge is -2.47. The van der Waals surface area contributed by atoms with Gasteiger partial charge in [0.15, 0.2) is 0 Å². The lowest BCUT2D eigenvalue weighted by Crippen LogP contribution is -2.66. The maximum Gasteiger partial charge on any atom is 0.410 e. The van der Waals surface area contributed by atoms with Gasteiger partial charge in [0.1, 0.15) is 11.2 Å². The molecule has 0 N–H and O–H groups in total. The van der Waals surface area contributed by atoms with Gasteiger partial charge in [-0.05, 0) is 20.8 Å². The summed E-state index contributed by atoms with van der Waals surface area (Å²) in [5.41, 5.74) is -0.832. The molecule has 1 aliphatic heterocycles. The number of amides is 1. The van der Waals surface area contributed by atoms with Gasteiger partial charge in [-0.2, -0.15) is 0 Å². The first-order valence-corrected chi connectivity index (χ1v) is 5.44. The van der Waals surface area contributed by atoms with Gasteiger partial charge < -0.3 is 14.4 Å². The molecule has 0 aromatic heterocycles. The molecule has 5 heteroatoms. The van der Waals surface area contributed by atoms with Crippen LogP contribution in [0.4, 0.5) is 4.79 Å². The van der Waals surface area contributed by atoms with E-state index in [0.29, 0.717) is 19.0 Å². The van der Waals surface area contributed by atoms with Crippen LogP contribution in [0.5, 0.6) is 0 Å². The maximum atomic E-state index is 11.6. The Bertz CT molecular complexity index is 238. The van der Waals surface area contributed by atoms with Crippen molar-refractivity contribution in [3.63, 3.8) is 0 Å². The van der Waals surface area contributed by atoms with Crippen molar-refractivity contribution < 1.29 is 14.3 Å². The largest absolute Gasteiger partial charge is 0.444 e. The van der Waals surface area contributed by atoms with Gasteiger partial charge in [0.05, 0.1) is 19.0 Å². The van der Waals surface area contributed by atoms with Gasteiger partial charge in [-0.15, -0.1) is 11.6 Å². The van der Waals surface area contributed by atoms with Crippen LogP contribution >= 0.6 is 11.6 Å². The Labute approximate surface area is 95.5 Å². The zero-order valence-electron chi connectivity index (χ0n) is 9.67. The van der Waals surface area contributed by atoms with Crippen molar-refractivity contribution in [2.24, 2.45) is 0 Å². The second-order valence-corrected chi connectivity index (χ2v) is 5.12. The Kier molecular flexibility index (Phi) is 3.51. The molecule has 0 bridgehead atoms. The predicted molar refractivity (Wildman–Crippen MR) is 58.3 cm³/mol. The Hall–Kier alpha value is -0.480. The highest BCUT2D eigenvalue weighted by atomic mass is 35.5. The van der Waals surface area contributed by atoms with Crippen molar-refractivity contribution in [1.82, 2.24) is 4.90 Å². The van der Waals surface area contributed by atoms with Gasteiger partial charge in [0, 0.05) is 7.11 Å². The van der Waals surface area contributed by atoms with E-state index in [0.717, 1.165) is 0 Å². The third-order valence-corrected chi connectivity index (χ3v) is 2.77. The molecular weight excluding hydrogens is 218 g/mol. The van der Waals surface area contributed by atoms with Crippen molar-refractivity contribution in [3.05, 3.63) is 0 Å². The number of hydrogen-bond acceptors (Lipinski definition) is 3. The molecule has 1 heterocycles. The number of rotatable bonds is 2. The minimum atomic E-state index is -0.455. The average Bonchev–Trinajstić information content (AvgIpc) is 2.00. The van der Waals surface area contributed by atoms with Crippen molar-refractivity contribution in [2.75, 3.05) is 26.1 Å². The van der Waals surface area contributed by atoms with E-state index >= 15 is 0 Å². The number of nitrogens with zero attached hydrogens (tertiary/aromatic N) is 1. The fourth-order valence-electron chi connectivity index (χ4n) is 1.37. The van der Waals surface area contributed by atoms with Crippen LogP contribution in [-0.2, 0) is 9.47 Å². The molecule has 0 aromatic rings. The van der Waals surface area contributed by atoms with Gasteiger partial charge in [0.25, 0.3) is 0 Å². The zero-order chi connectivity index (χ0) is 11.7. The summed E-state index contributed by atoms with van der Waals surface area (Å²) in [6.07, 6.45) is -0.305. The maximum absolute atomic E-state index is 11.6. The van der Waals surface area contributed by atoms with Crippen molar-refractivity contribution in [1.29, 1.82) is 0 Å². The Balaban J connectivity index is 2.42. The number of methoxy groups -OCH3 is 1. The summed E-state index contributed by atoms with van der Waals surface area (Å²) >= 11 is 5.76. The van der Waals surface area contributed by atoms with Gasteiger partial charge in [-0.3, -0.25) is 0 Å². The van der Waals surface area contributed by atoms with Gasteiger partial charge >= 0.3 is 6.09 Å².